The van der Waals surface area contributed by atoms with Crippen LogP contribution in [-0.2, 0) is 9.53 Å². The Bertz CT molecular complexity index is 1370. The summed E-state index contributed by atoms with van der Waals surface area (Å²) in [6.07, 6.45) is 3.08. The molecule has 34 heavy (non-hydrogen) atoms. The Kier molecular flexibility index (Phi) is 5.35. The lowest BCUT2D eigenvalue weighted by Gasteiger charge is -2.18. The molecule has 3 heterocycles. The number of pyridine rings is 1. The average Bonchev–Trinajstić information content (AvgIpc) is 3.41. The standard InChI is InChI=1S/C25H17N3O6/c29-22(16-7-3-1-4-8-16)28-21(20-13-18-14-26-12-11-19(18)34-20)23(30)27(25(28)32)15-33-24(31)17-9-5-2-6-10-17/h1-14,21H,15H2. The number of furan rings is 1. The maximum absolute atomic E-state index is 13.3. The van der Waals surface area contributed by atoms with Gasteiger partial charge < -0.3 is 9.15 Å². The van der Waals surface area contributed by atoms with Gasteiger partial charge in [0.25, 0.3) is 11.8 Å². The number of esters is 1. The molecule has 0 radical (unpaired) electrons. The van der Waals surface area contributed by atoms with Crippen LogP contribution in [0.1, 0.15) is 32.5 Å². The van der Waals surface area contributed by atoms with Crippen molar-refractivity contribution in [3.8, 4) is 0 Å². The molecule has 0 spiro atoms. The molecule has 0 bridgehead atoms. The number of hydrogen-bond donors (Lipinski definition) is 0. The largest absolute Gasteiger partial charge is 0.458 e. The number of benzene rings is 2. The van der Waals surface area contributed by atoms with E-state index in [1.54, 1.807) is 66.9 Å². The summed E-state index contributed by atoms with van der Waals surface area (Å²) >= 11 is 0. The second-order valence-corrected chi connectivity index (χ2v) is 7.48. The monoisotopic (exact) mass is 455 g/mol. The van der Waals surface area contributed by atoms with E-state index in [2.05, 4.69) is 4.98 Å². The first-order chi connectivity index (χ1) is 16.5. The SMILES string of the molecule is O=C(OCN1C(=O)C(c2cc3cnccc3o2)N(C(=O)c2ccccc2)C1=O)c1ccccc1. The van der Waals surface area contributed by atoms with Crippen LogP contribution in [0.4, 0.5) is 4.79 Å². The molecule has 9 nitrogen and oxygen atoms in total. The van der Waals surface area contributed by atoms with Gasteiger partial charge in [0.05, 0.1) is 5.56 Å². The first-order valence-corrected chi connectivity index (χ1v) is 10.3. The number of fused-ring (bicyclic) bond motifs is 1. The van der Waals surface area contributed by atoms with Crippen LogP contribution in [0.15, 0.2) is 89.6 Å². The topological polar surface area (TPSA) is 110 Å². The molecule has 4 aromatic rings. The number of carbonyl (C=O) groups is 4. The second-order valence-electron chi connectivity index (χ2n) is 7.48. The van der Waals surface area contributed by atoms with Crippen molar-refractivity contribution in [1.29, 1.82) is 0 Å². The fourth-order valence-electron chi connectivity index (χ4n) is 3.70. The van der Waals surface area contributed by atoms with Crippen molar-refractivity contribution < 1.29 is 28.3 Å². The van der Waals surface area contributed by atoms with Gasteiger partial charge in [0, 0.05) is 23.3 Å². The van der Waals surface area contributed by atoms with E-state index < -0.39 is 36.6 Å². The van der Waals surface area contributed by atoms with Gasteiger partial charge in [0.15, 0.2) is 12.8 Å². The third kappa shape index (κ3) is 3.69. The van der Waals surface area contributed by atoms with E-state index in [-0.39, 0.29) is 16.9 Å². The van der Waals surface area contributed by atoms with E-state index in [9.17, 15) is 19.2 Å². The quantitative estimate of drug-likeness (QED) is 0.333. The van der Waals surface area contributed by atoms with Crippen LogP contribution in [0.5, 0.6) is 0 Å². The van der Waals surface area contributed by atoms with Crippen molar-refractivity contribution in [2.45, 2.75) is 6.04 Å². The van der Waals surface area contributed by atoms with E-state index >= 15 is 0 Å². The molecule has 1 fully saturated rings. The van der Waals surface area contributed by atoms with Crippen molar-refractivity contribution in [2.75, 3.05) is 6.73 Å². The van der Waals surface area contributed by atoms with Gasteiger partial charge in [-0.1, -0.05) is 36.4 Å². The number of aromatic nitrogens is 1. The molecule has 1 atom stereocenters. The molecule has 5 rings (SSSR count). The van der Waals surface area contributed by atoms with E-state index in [1.807, 2.05) is 0 Å². The van der Waals surface area contributed by atoms with Crippen LogP contribution in [0.2, 0.25) is 0 Å². The summed E-state index contributed by atoms with van der Waals surface area (Å²) in [7, 11) is 0. The molecule has 2 aromatic carbocycles. The van der Waals surface area contributed by atoms with Crippen LogP contribution in [0.25, 0.3) is 11.0 Å². The molecule has 0 N–H and O–H groups in total. The summed E-state index contributed by atoms with van der Waals surface area (Å²) < 4.78 is 11.0. The fourth-order valence-corrected chi connectivity index (χ4v) is 3.70. The summed E-state index contributed by atoms with van der Waals surface area (Å²) in [6, 6.07) is 17.2. The molecule has 0 aliphatic carbocycles. The number of ether oxygens (including phenoxy) is 1. The number of nitrogens with zero attached hydrogens (tertiary/aromatic N) is 3. The molecule has 2 aromatic heterocycles. The van der Waals surface area contributed by atoms with Gasteiger partial charge in [0.1, 0.15) is 11.3 Å². The van der Waals surface area contributed by atoms with Crippen molar-refractivity contribution in [1.82, 2.24) is 14.8 Å². The third-order valence-corrected chi connectivity index (χ3v) is 5.37. The number of urea groups is 1. The highest BCUT2D eigenvalue weighted by Crippen LogP contribution is 2.35. The maximum Gasteiger partial charge on any atom is 0.339 e. The first kappa shape index (κ1) is 21.1. The molecule has 9 heteroatoms. The van der Waals surface area contributed by atoms with Crippen LogP contribution in [0, 0.1) is 0 Å². The smallest absolute Gasteiger partial charge is 0.339 e. The van der Waals surface area contributed by atoms with Gasteiger partial charge in [-0.2, -0.15) is 0 Å². The zero-order valence-corrected chi connectivity index (χ0v) is 17.7. The summed E-state index contributed by atoms with van der Waals surface area (Å²) in [6.45, 7) is -0.651. The second kappa shape index (κ2) is 8.62. The molecule has 168 valence electrons. The maximum atomic E-state index is 13.3. The van der Waals surface area contributed by atoms with Gasteiger partial charge in [-0.3, -0.25) is 14.6 Å². The van der Waals surface area contributed by atoms with Crippen molar-refractivity contribution in [3.05, 3.63) is 102 Å². The lowest BCUT2D eigenvalue weighted by Crippen LogP contribution is -2.38. The molecule has 1 unspecified atom stereocenters. The fraction of sp³-hybridized carbons (Fsp3) is 0.0800. The lowest BCUT2D eigenvalue weighted by atomic mass is 10.1. The molecular formula is C25H17N3O6. The Morgan fingerprint density at radius 3 is 2.29 bits per heavy atom. The van der Waals surface area contributed by atoms with E-state index in [4.69, 9.17) is 9.15 Å². The number of rotatable bonds is 5. The van der Waals surface area contributed by atoms with Crippen molar-refractivity contribution in [3.63, 3.8) is 0 Å². The minimum Gasteiger partial charge on any atom is -0.458 e. The molecule has 1 aliphatic heterocycles. The minimum atomic E-state index is -1.36. The van der Waals surface area contributed by atoms with E-state index in [1.165, 1.54) is 18.3 Å². The zero-order valence-electron chi connectivity index (χ0n) is 17.7. The highest BCUT2D eigenvalue weighted by molar-refractivity contribution is 6.15. The number of carbonyl (C=O) groups excluding carboxylic acids is 4. The van der Waals surface area contributed by atoms with E-state index in [0.717, 1.165) is 9.80 Å². The van der Waals surface area contributed by atoms with Gasteiger partial charge in [-0.25, -0.2) is 19.4 Å². The van der Waals surface area contributed by atoms with Gasteiger partial charge >= 0.3 is 12.0 Å². The molecule has 1 saturated heterocycles. The highest BCUT2D eigenvalue weighted by Gasteiger charge is 2.51. The van der Waals surface area contributed by atoms with E-state index in [0.29, 0.717) is 11.0 Å². The Hall–Kier alpha value is -4.79. The Balaban J connectivity index is 1.48. The summed E-state index contributed by atoms with van der Waals surface area (Å²) in [5.74, 6) is -2.04. The highest BCUT2D eigenvalue weighted by atomic mass is 16.5. The molecular weight excluding hydrogens is 438 g/mol. The minimum absolute atomic E-state index is 0.0996. The third-order valence-electron chi connectivity index (χ3n) is 5.37. The Morgan fingerprint density at radius 2 is 1.62 bits per heavy atom. The van der Waals surface area contributed by atoms with Crippen LogP contribution in [0.3, 0.4) is 0 Å². The summed E-state index contributed by atoms with van der Waals surface area (Å²) in [5.41, 5.74) is 0.931. The van der Waals surface area contributed by atoms with Gasteiger partial charge in [-0.15, -0.1) is 0 Å². The lowest BCUT2D eigenvalue weighted by molar-refractivity contribution is -0.131. The van der Waals surface area contributed by atoms with Crippen molar-refractivity contribution in [2.24, 2.45) is 0 Å². The Morgan fingerprint density at radius 1 is 0.941 bits per heavy atom. The first-order valence-electron chi connectivity index (χ1n) is 10.3. The van der Waals surface area contributed by atoms with Crippen LogP contribution in [-0.4, -0.2) is 45.3 Å². The van der Waals surface area contributed by atoms with Crippen molar-refractivity contribution >= 4 is 34.8 Å². The molecule has 4 amide bonds. The number of hydrogen-bond acceptors (Lipinski definition) is 7. The van der Waals surface area contributed by atoms with Crippen LogP contribution < -0.4 is 0 Å². The number of imide groups is 2. The summed E-state index contributed by atoms with van der Waals surface area (Å²) in [5, 5.41) is 0.610. The summed E-state index contributed by atoms with van der Waals surface area (Å²) in [4.78, 5) is 57.8. The predicted octanol–water partition coefficient (Wildman–Crippen LogP) is 3.79. The zero-order chi connectivity index (χ0) is 23.7. The molecule has 0 saturated carbocycles. The van der Waals surface area contributed by atoms with Gasteiger partial charge in [-0.05, 0) is 36.4 Å². The predicted molar refractivity (Wildman–Crippen MR) is 118 cm³/mol. The molecule has 1 aliphatic rings. The number of amides is 4. The van der Waals surface area contributed by atoms with Gasteiger partial charge in [0.2, 0.25) is 0 Å². The normalized spacial score (nSPS) is 15.7. The van der Waals surface area contributed by atoms with Crippen LogP contribution >= 0.6 is 0 Å². The average molecular weight is 455 g/mol. The Labute approximate surface area is 193 Å².